The van der Waals surface area contributed by atoms with Gasteiger partial charge in [0.05, 0.1) is 29.5 Å². The van der Waals surface area contributed by atoms with Crippen molar-refractivity contribution in [3.63, 3.8) is 0 Å². The predicted molar refractivity (Wildman–Crippen MR) is 95.1 cm³/mol. The molecule has 0 saturated carbocycles. The number of carbonyl (C=O) groups excluding carboxylic acids is 2. The van der Waals surface area contributed by atoms with Gasteiger partial charge in [-0.15, -0.1) is 22.7 Å². The molecule has 2 aromatic heterocycles. The molecule has 1 saturated heterocycles. The molecule has 0 bridgehead atoms. The van der Waals surface area contributed by atoms with Crippen LogP contribution < -0.4 is 0 Å². The van der Waals surface area contributed by atoms with Crippen LogP contribution in [0.3, 0.4) is 0 Å². The van der Waals surface area contributed by atoms with E-state index in [0.29, 0.717) is 39.0 Å². The van der Waals surface area contributed by atoms with E-state index in [1.807, 2.05) is 34.7 Å². The Morgan fingerprint density at radius 2 is 2.12 bits per heavy atom. The number of hydrogen-bond acceptors (Lipinski definition) is 6. The van der Waals surface area contributed by atoms with E-state index in [2.05, 4.69) is 4.98 Å². The minimum absolute atomic E-state index is 0.0706. The van der Waals surface area contributed by atoms with E-state index in [9.17, 15) is 9.59 Å². The van der Waals surface area contributed by atoms with Crippen LogP contribution in [0.1, 0.15) is 25.5 Å². The fourth-order valence-electron chi connectivity index (χ4n) is 2.79. The van der Waals surface area contributed by atoms with Gasteiger partial charge >= 0.3 is 5.97 Å². The molecule has 1 fully saturated rings. The highest BCUT2D eigenvalue weighted by Gasteiger charge is 2.28. The summed E-state index contributed by atoms with van der Waals surface area (Å²) in [5.74, 6) is -0.122. The number of aromatic nitrogens is 1. The van der Waals surface area contributed by atoms with Crippen LogP contribution in [0.2, 0.25) is 0 Å². The first-order chi connectivity index (χ1) is 11.7. The van der Waals surface area contributed by atoms with Crippen molar-refractivity contribution < 1.29 is 14.3 Å². The molecule has 0 aliphatic carbocycles. The maximum absolute atomic E-state index is 12.4. The molecule has 0 atom stereocenters. The number of esters is 1. The summed E-state index contributed by atoms with van der Waals surface area (Å²) in [7, 11) is 0. The highest BCUT2D eigenvalue weighted by Crippen LogP contribution is 2.28. The van der Waals surface area contributed by atoms with Crippen LogP contribution in [0.4, 0.5) is 0 Å². The Labute approximate surface area is 149 Å². The number of piperidine rings is 1. The van der Waals surface area contributed by atoms with Crippen LogP contribution >= 0.6 is 22.7 Å². The Hall–Kier alpha value is -1.73. The van der Waals surface area contributed by atoms with Gasteiger partial charge in [0.15, 0.2) is 0 Å². The normalized spacial score (nSPS) is 15.5. The summed E-state index contributed by atoms with van der Waals surface area (Å²) in [6, 6.07) is 4.04. The SMILES string of the molecule is CCOC(=O)C1CCN(C(=O)Cc2csc(-c3cccs3)n2)CC1. The van der Waals surface area contributed by atoms with Crippen molar-refractivity contribution in [2.45, 2.75) is 26.2 Å². The Bertz CT molecular complexity index is 689. The molecular weight excluding hydrogens is 344 g/mol. The van der Waals surface area contributed by atoms with Crippen molar-refractivity contribution in [2.75, 3.05) is 19.7 Å². The van der Waals surface area contributed by atoms with Crippen molar-refractivity contribution in [1.29, 1.82) is 0 Å². The number of hydrogen-bond donors (Lipinski definition) is 0. The summed E-state index contributed by atoms with van der Waals surface area (Å²) >= 11 is 3.22. The first-order valence-corrected chi connectivity index (χ1v) is 9.86. The lowest BCUT2D eigenvalue weighted by Gasteiger charge is -2.30. The Kier molecular flexibility index (Phi) is 5.63. The lowest BCUT2D eigenvalue weighted by Crippen LogP contribution is -2.41. The zero-order chi connectivity index (χ0) is 16.9. The van der Waals surface area contributed by atoms with Crippen LogP contribution in [0, 0.1) is 5.92 Å². The first-order valence-electron chi connectivity index (χ1n) is 8.10. The molecule has 0 spiro atoms. The molecule has 0 aromatic carbocycles. The maximum atomic E-state index is 12.4. The topological polar surface area (TPSA) is 59.5 Å². The molecule has 0 unspecified atom stereocenters. The lowest BCUT2D eigenvalue weighted by molar-refractivity contribution is -0.151. The zero-order valence-electron chi connectivity index (χ0n) is 13.6. The van der Waals surface area contributed by atoms with Gasteiger partial charge in [0.25, 0.3) is 0 Å². The average molecular weight is 364 g/mol. The molecule has 2 aromatic rings. The van der Waals surface area contributed by atoms with Gasteiger partial charge in [0.2, 0.25) is 5.91 Å². The molecule has 3 rings (SSSR count). The van der Waals surface area contributed by atoms with Crippen LogP contribution in [0.5, 0.6) is 0 Å². The lowest BCUT2D eigenvalue weighted by atomic mass is 9.97. The Balaban J connectivity index is 1.52. The van der Waals surface area contributed by atoms with Crippen molar-refractivity contribution in [3.05, 3.63) is 28.6 Å². The van der Waals surface area contributed by atoms with Gasteiger partial charge in [-0.05, 0) is 31.2 Å². The molecule has 24 heavy (non-hydrogen) atoms. The number of amides is 1. The number of thiazole rings is 1. The fraction of sp³-hybridized carbons (Fsp3) is 0.471. The number of likely N-dealkylation sites (tertiary alicyclic amines) is 1. The van der Waals surface area contributed by atoms with Crippen molar-refractivity contribution in [1.82, 2.24) is 9.88 Å². The fourth-order valence-corrected chi connectivity index (χ4v) is 4.43. The summed E-state index contributed by atoms with van der Waals surface area (Å²) in [4.78, 5) is 31.7. The molecule has 0 N–H and O–H groups in total. The molecule has 1 aliphatic rings. The van der Waals surface area contributed by atoms with Crippen LogP contribution in [0.25, 0.3) is 9.88 Å². The second kappa shape index (κ2) is 7.90. The molecule has 5 nitrogen and oxygen atoms in total. The van der Waals surface area contributed by atoms with Gasteiger partial charge in [-0.2, -0.15) is 0 Å². The number of thiophene rings is 1. The van der Waals surface area contributed by atoms with Gasteiger partial charge in [0, 0.05) is 18.5 Å². The van der Waals surface area contributed by atoms with E-state index in [1.54, 1.807) is 22.7 Å². The molecule has 1 amide bonds. The third-order valence-electron chi connectivity index (χ3n) is 4.08. The monoisotopic (exact) mass is 364 g/mol. The van der Waals surface area contributed by atoms with Crippen LogP contribution in [-0.2, 0) is 20.7 Å². The van der Waals surface area contributed by atoms with E-state index in [4.69, 9.17) is 4.74 Å². The minimum atomic E-state index is -0.135. The summed E-state index contributed by atoms with van der Waals surface area (Å²) in [6.07, 6.45) is 1.69. The smallest absolute Gasteiger partial charge is 0.309 e. The summed E-state index contributed by atoms with van der Waals surface area (Å²) in [5.41, 5.74) is 0.820. The summed E-state index contributed by atoms with van der Waals surface area (Å²) in [5, 5.41) is 4.95. The van der Waals surface area contributed by atoms with Crippen LogP contribution in [0.15, 0.2) is 22.9 Å². The quantitative estimate of drug-likeness (QED) is 0.765. The van der Waals surface area contributed by atoms with E-state index >= 15 is 0 Å². The number of nitrogens with zero attached hydrogens (tertiary/aromatic N) is 2. The highest BCUT2D eigenvalue weighted by atomic mass is 32.1. The van der Waals surface area contributed by atoms with E-state index in [-0.39, 0.29) is 17.8 Å². The third kappa shape index (κ3) is 4.02. The van der Waals surface area contributed by atoms with Crippen molar-refractivity contribution in [3.8, 4) is 9.88 Å². The van der Waals surface area contributed by atoms with Crippen molar-refractivity contribution in [2.24, 2.45) is 5.92 Å². The zero-order valence-corrected chi connectivity index (χ0v) is 15.2. The van der Waals surface area contributed by atoms with Crippen LogP contribution in [-0.4, -0.2) is 41.5 Å². The van der Waals surface area contributed by atoms with Crippen molar-refractivity contribution >= 4 is 34.6 Å². The minimum Gasteiger partial charge on any atom is -0.466 e. The standard InChI is InChI=1S/C17H20N2O3S2/c1-2-22-17(21)12-5-7-19(8-6-12)15(20)10-13-11-24-16(18-13)14-4-3-9-23-14/h3-4,9,11-12H,2,5-8,10H2,1H3. The molecule has 1 aliphatic heterocycles. The predicted octanol–water partition coefficient (Wildman–Crippen LogP) is 3.22. The number of rotatable bonds is 5. The molecule has 128 valence electrons. The van der Waals surface area contributed by atoms with Gasteiger partial charge in [-0.1, -0.05) is 6.07 Å². The first kappa shape index (κ1) is 17.1. The average Bonchev–Trinajstić information content (AvgIpc) is 3.26. The maximum Gasteiger partial charge on any atom is 0.309 e. The molecule has 0 radical (unpaired) electrons. The van der Waals surface area contributed by atoms with Gasteiger partial charge in [0.1, 0.15) is 5.01 Å². The molecular formula is C17H20N2O3S2. The van der Waals surface area contributed by atoms with E-state index in [0.717, 1.165) is 15.6 Å². The van der Waals surface area contributed by atoms with Gasteiger partial charge in [-0.25, -0.2) is 4.98 Å². The second-order valence-electron chi connectivity index (χ2n) is 5.71. The third-order valence-corrected chi connectivity index (χ3v) is 6.01. The van der Waals surface area contributed by atoms with E-state index < -0.39 is 0 Å². The molecule has 7 heteroatoms. The second-order valence-corrected chi connectivity index (χ2v) is 7.51. The largest absolute Gasteiger partial charge is 0.466 e. The van der Waals surface area contributed by atoms with Gasteiger partial charge < -0.3 is 9.64 Å². The van der Waals surface area contributed by atoms with E-state index in [1.165, 1.54) is 0 Å². The molecule has 3 heterocycles. The number of ether oxygens (including phenoxy) is 1. The highest BCUT2D eigenvalue weighted by molar-refractivity contribution is 7.20. The van der Waals surface area contributed by atoms with Gasteiger partial charge in [-0.3, -0.25) is 9.59 Å². The summed E-state index contributed by atoms with van der Waals surface area (Å²) in [6.45, 7) is 3.46. The Morgan fingerprint density at radius 1 is 1.33 bits per heavy atom. The Morgan fingerprint density at radius 3 is 2.79 bits per heavy atom. The summed E-state index contributed by atoms with van der Waals surface area (Å²) < 4.78 is 5.06. The number of carbonyl (C=O) groups is 2.